The van der Waals surface area contributed by atoms with Crippen LogP contribution in [-0.2, 0) is 22.9 Å². The molecule has 0 fully saturated rings. The average Bonchev–Trinajstić information content (AvgIpc) is 2.70. The number of benzene rings is 1. The predicted octanol–water partition coefficient (Wildman–Crippen LogP) is 8.10. The Kier molecular flexibility index (Phi) is 11.9. The summed E-state index contributed by atoms with van der Waals surface area (Å²) in [6, 6.07) is 13.8. The summed E-state index contributed by atoms with van der Waals surface area (Å²) in [5, 5.41) is 0. The predicted molar refractivity (Wildman–Crippen MR) is 155 cm³/mol. The fourth-order valence-corrected chi connectivity index (χ4v) is 27.5. The Balaban J connectivity index is 3.13. The Morgan fingerprint density at radius 2 is 1.36 bits per heavy atom. The molecule has 1 rings (SSSR count). The van der Waals surface area contributed by atoms with Gasteiger partial charge in [0, 0.05) is 0 Å². The third-order valence-corrected chi connectivity index (χ3v) is 26.2. The largest absolute Gasteiger partial charge is 0.436 e. The zero-order chi connectivity index (χ0) is 25.4. The molecule has 0 saturated heterocycles. The van der Waals surface area contributed by atoms with Crippen molar-refractivity contribution in [3.05, 3.63) is 48.2 Å². The van der Waals surface area contributed by atoms with E-state index in [0.717, 1.165) is 24.6 Å². The van der Waals surface area contributed by atoms with Crippen LogP contribution in [0.2, 0.25) is 70.5 Å². The minimum Gasteiger partial charge on any atom is -0.436 e. The van der Waals surface area contributed by atoms with E-state index in [1.165, 1.54) is 18.4 Å². The van der Waals surface area contributed by atoms with Crippen molar-refractivity contribution in [1.82, 2.24) is 0 Å². The van der Waals surface area contributed by atoms with Crippen molar-refractivity contribution < 1.29 is 16.5 Å². The summed E-state index contributed by atoms with van der Waals surface area (Å²) in [5.74, 6) is 0. The lowest BCUT2D eigenvalue weighted by molar-refractivity contribution is 0.298. The van der Waals surface area contributed by atoms with E-state index in [1.54, 1.807) is 0 Å². The van der Waals surface area contributed by atoms with Crippen LogP contribution >= 0.6 is 0 Å². The highest BCUT2D eigenvalue weighted by Crippen LogP contribution is 2.31. The van der Waals surface area contributed by atoms with Gasteiger partial charge in [-0.3, -0.25) is 0 Å². The average molecular weight is 543 g/mol. The lowest BCUT2D eigenvalue weighted by Gasteiger charge is -2.43. The maximum Gasteiger partial charge on any atom is 0.343 e. The molecule has 2 atom stereocenters. The minimum absolute atomic E-state index is 0.914. The van der Waals surface area contributed by atoms with Gasteiger partial charge in [-0.2, -0.15) is 0 Å². The molecule has 0 spiro atoms. The lowest BCUT2D eigenvalue weighted by atomic mass is 10.2. The van der Waals surface area contributed by atoms with Gasteiger partial charge in [-0.15, -0.1) is 6.58 Å². The van der Waals surface area contributed by atoms with Gasteiger partial charge in [0.25, 0.3) is 0 Å². The number of unbranched alkanes of at least 4 members (excludes halogenated alkanes) is 1. The maximum atomic E-state index is 7.03. The van der Waals surface area contributed by atoms with Crippen molar-refractivity contribution in [2.45, 2.75) is 104 Å². The first-order chi connectivity index (χ1) is 15.1. The molecule has 1 aromatic carbocycles. The van der Waals surface area contributed by atoms with E-state index in [-0.39, 0.29) is 0 Å². The topological polar surface area (TPSA) is 36.9 Å². The van der Waals surface area contributed by atoms with Gasteiger partial charge in [0.15, 0.2) is 16.6 Å². The van der Waals surface area contributed by atoms with Crippen molar-refractivity contribution in [2.75, 3.05) is 0 Å². The van der Waals surface area contributed by atoms with Gasteiger partial charge in [-0.05, 0) is 82.5 Å². The second kappa shape index (κ2) is 12.7. The standard InChI is InChI=1S/C24H50O4Si5/c1-12-15-22-30(6,7)26-33(11,23-21-24-19-17-16-18-20-24)28-32(10,14-3)27-31(8,9)25-29(4,5)13-2/h14,16-20H,3,12-13,15,21-23H2,1-2,4-11H3. The minimum atomic E-state index is -2.69. The monoisotopic (exact) mass is 542 g/mol. The van der Waals surface area contributed by atoms with E-state index in [2.05, 4.69) is 103 Å². The van der Waals surface area contributed by atoms with E-state index < -0.39 is 42.3 Å². The molecule has 0 radical (unpaired) electrons. The molecule has 0 N–H and O–H groups in total. The van der Waals surface area contributed by atoms with Gasteiger partial charge in [0.05, 0.1) is 0 Å². The zero-order valence-corrected chi connectivity index (χ0v) is 28.0. The second-order valence-corrected chi connectivity index (χ2v) is 30.6. The molecule has 2 unspecified atom stereocenters. The van der Waals surface area contributed by atoms with Gasteiger partial charge in [-0.25, -0.2) is 0 Å². The Hall–Kier alpha value is -0.116. The third kappa shape index (κ3) is 11.9. The number of hydrogen-bond donors (Lipinski definition) is 0. The second-order valence-electron chi connectivity index (χ2n) is 11.1. The molecule has 33 heavy (non-hydrogen) atoms. The number of rotatable bonds is 16. The van der Waals surface area contributed by atoms with Crippen molar-refractivity contribution >= 4 is 42.3 Å². The van der Waals surface area contributed by atoms with Gasteiger partial charge >= 0.3 is 25.7 Å². The van der Waals surface area contributed by atoms with Crippen molar-refractivity contribution in [3.63, 3.8) is 0 Å². The fourth-order valence-electron chi connectivity index (χ4n) is 4.16. The number of hydrogen-bond acceptors (Lipinski definition) is 4. The van der Waals surface area contributed by atoms with E-state index in [4.69, 9.17) is 16.5 Å². The highest BCUT2D eigenvalue weighted by Gasteiger charge is 2.48. The first-order valence-corrected chi connectivity index (χ1v) is 26.5. The molecule has 0 amide bonds. The Morgan fingerprint density at radius 1 is 0.758 bits per heavy atom. The molecule has 9 heteroatoms. The van der Waals surface area contributed by atoms with Crippen LogP contribution in [0.25, 0.3) is 0 Å². The maximum absolute atomic E-state index is 7.03. The summed E-state index contributed by atoms with van der Waals surface area (Å²) < 4.78 is 27.4. The summed E-state index contributed by atoms with van der Waals surface area (Å²) >= 11 is 0. The van der Waals surface area contributed by atoms with Gasteiger partial charge in [0.1, 0.15) is 0 Å². The Morgan fingerprint density at radius 3 is 1.88 bits per heavy atom. The van der Waals surface area contributed by atoms with Crippen LogP contribution in [-0.4, -0.2) is 42.3 Å². The summed E-state index contributed by atoms with van der Waals surface area (Å²) in [7, 11) is -11.2. The molecule has 1 aromatic rings. The molecular formula is C24H50O4Si5. The van der Waals surface area contributed by atoms with Crippen LogP contribution in [0.1, 0.15) is 32.3 Å². The molecule has 190 valence electrons. The third-order valence-electron chi connectivity index (χ3n) is 5.95. The van der Waals surface area contributed by atoms with E-state index in [1.807, 2.05) is 5.70 Å². The molecule has 0 aromatic heterocycles. The smallest absolute Gasteiger partial charge is 0.343 e. The van der Waals surface area contributed by atoms with Crippen LogP contribution in [0.3, 0.4) is 0 Å². The summed E-state index contributed by atoms with van der Waals surface area (Å²) in [5.41, 5.74) is 3.26. The van der Waals surface area contributed by atoms with Gasteiger partial charge < -0.3 is 16.5 Å². The van der Waals surface area contributed by atoms with Gasteiger partial charge in [0.2, 0.25) is 0 Å². The van der Waals surface area contributed by atoms with Crippen LogP contribution in [0, 0.1) is 0 Å². The molecule has 0 aliphatic rings. The zero-order valence-electron chi connectivity index (χ0n) is 23.0. The molecule has 0 heterocycles. The van der Waals surface area contributed by atoms with Gasteiger partial charge in [-0.1, -0.05) is 62.7 Å². The summed E-state index contributed by atoms with van der Waals surface area (Å²) in [6.07, 6.45) is 3.36. The lowest BCUT2D eigenvalue weighted by Crippen LogP contribution is -2.60. The highest BCUT2D eigenvalue weighted by molar-refractivity contribution is 6.92. The Labute approximate surface area is 210 Å². The Bertz CT molecular complexity index is 729. The summed E-state index contributed by atoms with van der Waals surface area (Å²) in [4.78, 5) is 0. The first kappa shape index (κ1) is 30.9. The van der Waals surface area contributed by atoms with Crippen LogP contribution < -0.4 is 0 Å². The molecule has 4 nitrogen and oxygen atoms in total. The summed E-state index contributed by atoms with van der Waals surface area (Å²) in [6.45, 7) is 26.5. The van der Waals surface area contributed by atoms with Crippen LogP contribution in [0.15, 0.2) is 42.6 Å². The van der Waals surface area contributed by atoms with Crippen molar-refractivity contribution in [3.8, 4) is 0 Å². The van der Waals surface area contributed by atoms with Crippen LogP contribution in [0.5, 0.6) is 0 Å². The highest BCUT2D eigenvalue weighted by atomic mass is 28.5. The quantitative estimate of drug-likeness (QED) is 0.198. The number of aryl methyl sites for hydroxylation is 1. The van der Waals surface area contributed by atoms with Crippen molar-refractivity contribution in [1.29, 1.82) is 0 Å². The van der Waals surface area contributed by atoms with Crippen molar-refractivity contribution in [2.24, 2.45) is 0 Å². The molecule has 0 aliphatic carbocycles. The molecular weight excluding hydrogens is 493 g/mol. The van der Waals surface area contributed by atoms with E-state index in [9.17, 15) is 0 Å². The molecule has 0 aliphatic heterocycles. The normalized spacial score (nSPS) is 16.8. The molecule has 0 bridgehead atoms. The van der Waals surface area contributed by atoms with Crippen LogP contribution in [0.4, 0.5) is 0 Å². The van der Waals surface area contributed by atoms with E-state index >= 15 is 0 Å². The fraction of sp³-hybridized carbons (Fsp3) is 0.667. The SMILES string of the molecule is C=C[Si](C)(O[Si](C)(C)O[Si](C)(C)CC)O[Si](C)(CCc1ccccc1)O[Si](C)(C)CCCC. The molecule has 0 saturated carbocycles. The van der Waals surface area contributed by atoms with E-state index in [0.29, 0.717) is 0 Å². The first-order valence-electron chi connectivity index (χ1n) is 12.6.